The fraction of sp³-hybridized carbons (Fsp3) is 1.00. The fourth-order valence-electron chi connectivity index (χ4n) is 2.65. The molecule has 0 bridgehead atoms. The SMILES string of the molecule is CC1CC1NCC1(CO)CCCCC1. The van der Waals surface area contributed by atoms with Gasteiger partial charge in [0.25, 0.3) is 0 Å². The van der Waals surface area contributed by atoms with E-state index in [2.05, 4.69) is 12.2 Å². The van der Waals surface area contributed by atoms with Crippen LogP contribution in [0.3, 0.4) is 0 Å². The first-order valence-corrected chi connectivity index (χ1v) is 6.10. The van der Waals surface area contributed by atoms with E-state index in [9.17, 15) is 5.11 Å². The summed E-state index contributed by atoms with van der Waals surface area (Å²) in [5.41, 5.74) is 0.223. The highest BCUT2D eigenvalue weighted by Crippen LogP contribution is 2.37. The smallest absolute Gasteiger partial charge is 0.0499 e. The van der Waals surface area contributed by atoms with E-state index in [1.54, 1.807) is 0 Å². The Morgan fingerprint density at radius 3 is 2.43 bits per heavy atom. The van der Waals surface area contributed by atoms with E-state index in [0.29, 0.717) is 6.61 Å². The molecule has 0 heterocycles. The molecule has 2 N–H and O–H groups in total. The lowest BCUT2D eigenvalue weighted by Crippen LogP contribution is -2.40. The topological polar surface area (TPSA) is 32.3 Å². The van der Waals surface area contributed by atoms with Crippen LogP contribution in [-0.2, 0) is 0 Å². The Balaban J connectivity index is 1.78. The lowest BCUT2D eigenvalue weighted by molar-refractivity contribution is 0.0807. The van der Waals surface area contributed by atoms with Crippen molar-refractivity contribution in [1.29, 1.82) is 0 Å². The van der Waals surface area contributed by atoms with Gasteiger partial charge in [0, 0.05) is 24.6 Å². The molecular formula is C12H23NO. The molecule has 2 aliphatic carbocycles. The molecule has 2 heteroatoms. The van der Waals surface area contributed by atoms with Gasteiger partial charge in [0.1, 0.15) is 0 Å². The number of hydrogen-bond donors (Lipinski definition) is 2. The van der Waals surface area contributed by atoms with Crippen LogP contribution in [0.5, 0.6) is 0 Å². The van der Waals surface area contributed by atoms with Crippen LogP contribution in [0.2, 0.25) is 0 Å². The number of hydrogen-bond acceptors (Lipinski definition) is 2. The molecule has 0 aliphatic heterocycles. The summed E-state index contributed by atoms with van der Waals surface area (Å²) in [6.07, 6.45) is 7.75. The zero-order valence-electron chi connectivity index (χ0n) is 9.26. The molecule has 0 amide bonds. The van der Waals surface area contributed by atoms with Gasteiger partial charge in [0.05, 0.1) is 0 Å². The molecule has 2 atom stereocenters. The number of nitrogens with one attached hydrogen (secondary N) is 1. The zero-order chi connectivity index (χ0) is 10.0. The second kappa shape index (κ2) is 4.19. The minimum Gasteiger partial charge on any atom is -0.396 e. The molecule has 14 heavy (non-hydrogen) atoms. The molecule has 0 spiro atoms. The third-order valence-corrected chi connectivity index (χ3v) is 4.10. The van der Waals surface area contributed by atoms with E-state index < -0.39 is 0 Å². The van der Waals surface area contributed by atoms with Crippen molar-refractivity contribution >= 4 is 0 Å². The van der Waals surface area contributed by atoms with Gasteiger partial charge in [-0.05, 0) is 25.2 Å². The average Bonchev–Trinajstić information content (AvgIpc) is 2.93. The molecule has 2 saturated carbocycles. The quantitative estimate of drug-likeness (QED) is 0.722. The third-order valence-electron chi connectivity index (χ3n) is 4.10. The maximum atomic E-state index is 9.50. The van der Waals surface area contributed by atoms with Gasteiger partial charge in [0.2, 0.25) is 0 Å². The van der Waals surface area contributed by atoms with E-state index in [-0.39, 0.29) is 5.41 Å². The van der Waals surface area contributed by atoms with E-state index in [1.165, 1.54) is 38.5 Å². The van der Waals surface area contributed by atoms with Crippen LogP contribution in [0.15, 0.2) is 0 Å². The van der Waals surface area contributed by atoms with E-state index in [4.69, 9.17) is 0 Å². The van der Waals surface area contributed by atoms with Crippen molar-refractivity contribution in [3.05, 3.63) is 0 Å². The summed E-state index contributed by atoms with van der Waals surface area (Å²) < 4.78 is 0. The second-order valence-electron chi connectivity index (χ2n) is 5.42. The van der Waals surface area contributed by atoms with Gasteiger partial charge in [-0.2, -0.15) is 0 Å². The van der Waals surface area contributed by atoms with Gasteiger partial charge in [-0.15, -0.1) is 0 Å². The maximum Gasteiger partial charge on any atom is 0.0499 e. The number of rotatable bonds is 4. The summed E-state index contributed by atoms with van der Waals surface area (Å²) in [6, 6.07) is 0.750. The van der Waals surface area contributed by atoms with Gasteiger partial charge in [-0.3, -0.25) is 0 Å². The summed E-state index contributed by atoms with van der Waals surface area (Å²) in [5.74, 6) is 0.870. The lowest BCUT2D eigenvalue weighted by Gasteiger charge is -2.36. The van der Waals surface area contributed by atoms with Gasteiger partial charge >= 0.3 is 0 Å². The Bertz CT molecular complexity index is 187. The first-order valence-electron chi connectivity index (χ1n) is 6.10. The van der Waals surface area contributed by atoms with Crippen LogP contribution in [0.1, 0.15) is 45.4 Å². The van der Waals surface area contributed by atoms with Crippen molar-refractivity contribution in [2.24, 2.45) is 11.3 Å². The van der Waals surface area contributed by atoms with Crippen molar-refractivity contribution in [2.45, 2.75) is 51.5 Å². The summed E-state index contributed by atoms with van der Waals surface area (Å²) in [6.45, 7) is 3.71. The van der Waals surface area contributed by atoms with Gasteiger partial charge in [0.15, 0.2) is 0 Å². The van der Waals surface area contributed by atoms with Crippen molar-refractivity contribution in [3.63, 3.8) is 0 Å². The van der Waals surface area contributed by atoms with Gasteiger partial charge < -0.3 is 10.4 Å². The average molecular weight is 197 g/mol. The highest BCUT2D eigenvalue weighted by Gasteiger charge is 2.36. The molecule has 2 fully saturated rings. The minimum absolute atomic E-state index is 0.223. The maximum absolute atomic E-state index is 9.50. The predicted molar refractivity (Wildman–Crippen MR) is 58.2 cm³/mol. The van der Waals surface area contributed by atoms with Crippen LogP contribution < -0.4 is 5.32 Å². The van der Waals surface area contributed by atoms with Crippen LogP contribution in [0, 0.1) is 11.3 Å². The van der Waals surface area contributed by atoms with Crippen LogP contribution in [0.4, 0.5) is 0 Å². The molecule has 0 saturated heterocycles. The molecule has 2 nitrogen and oxygen atoms in total. The fourth-order valence-corrected chi connectivity index (χ4v) is 2.65. The molecule has 2 aliphatic rings. The lowest BCUT2D eigenvalue weighted by atomic mass is 9.74. The van der Waals surface area contributed by atoms with E-state index in [0.717, 1.165) is 18.5 Å². The molecule has 82 valence electrons. The number of aliphatic hydroxyl groups is 1. The highest BCUT2D eigenvalue weighted by molar-refractivity contribution is 4.93. The Hall–Kier alpha value is -0.0800. The molecule has 2 unspecified atom stereocenters. The largest absolute Gasteiger partial charge is 0.396 e. The summed E-state index contributed by atoms with van der Waals surface area (Å²) in [5, 5.41) is 13.1. The summed E-state index contributed by atoms with van der Waals surface area (Å²) in [7, 11) is 0. The van der Waals surface area contributed by atoms with Crippen molar-refractivity contribution in [1.82, 2.24) is 5.32 Å². The summed E-state index contributed by atoms with van der Waals surface area (Å²) in [4.78, 5) is 0. The molecule has 2 rings (SSSR count). The third kappa shape index (κ3) is 2.29. The first kappa shape index (κ1) is 10.4. The standard InChI is InChI=1S/C12H23NO/c1-10-7-11(10)13-8-12(9-14)5-3-2-4-6-12/h10-11,13-14H,2-9H2,1H3. The molecular weight excluding hydrogens is 174 g/mol. The normalized spacial score (nSPS) is 35.6. The van der Waals surface area contributed by atoms with Gasteiger partial charge in [-0.1, -0.05) is 26.2 Å². The highest BCUT2D eigenvalue weighted by atomic mass is 16.3. The van der Waals surface area contributed by atoms with Crippen LogP contribution in [-0.4, -0.2) is 24.3 Å². The Kier molecular flexibility index (Phi) is 3.13. The van der Waals surface area contributed by atoms with E-state index >= 15 is 0 Å². The minimum atomic E-state index is 0.223. The molecule has 0 aromatic carbocycles. The Morgan fingerprint density at radius 2 is 1.93 bits per heavy atom. The first-order chi connectivity index (χ1) is 6.76. The van der Waals surface area contributed by atoms with Crippen molar-refractivity contribution in [2.75, 3.05) is 13.2 Å². The second-order valence-corrected chi connectivity index (χ2v) is 5.42. The molecule has 0 aromatic heterocycles. The monoisotopic (exact) mass is 197 g/mol. The summed E-state index contributed by atoms with van der Waals surface area (Å²) >= 11 is 0. The number of aliphatic hydroxyl groups excluding tert-OH is 1. The molecule has 0 radical (unpaired) electrons. The Labute approximate surface area is 87.1 Å². The predicted octanol–water partition coefficient (Wildman–Crippen LogP) is 1.93. The van der Waals surface area contributed by atoms with E-state index in [1.807, 2.05) is 0 Å². The van der Waals surface area contributed by atoms with Crippen LogP contribution >= 0.6 is 0 Å². The zero-order valence-corrected chi connectivity index (χ0v) is 9.26. The van der Waals surface area contributed by atoms with Crippen LogP contribution in [0.25, 0.3) is 0 Å². The van der Waals surface area contributed by atoms with Crippen molar-refractivity contribution in [3.8, 4) is 0 Å². The molecule has 0 aromatic rings. The van der Waals surface area contributed by atoms with Crippen molar-refractivity contribution < 1.29 is 5.11 Å². The Morgan fingerprint density at radius 1 is 1.29 bits per heavy atom. The van der Waals surface area contributed by atoms with Gasteiger partial charge in [-0.25, -0.2) is 0 Å².